The minimum atomic E-state index is -4.54. The number of methoxy groups -OCH3 is 1. The largest absolute Gasteiger partial charge is 0.497 e. The molecule has 35 heavy (non-hydrogen) atoms. The van der Waals surface area contributed by atoms with Gasteiger partial charge in [0.05, 0.1) is 24.0 Å². The van der Waals surface area contributed by atoms with E-state index in [-0.39, 0.29) is 12.2 Å². The van der Waals surface area contributed by atoms with Crippen LogP contribution in [0, 0.1) is 6.92 Å². The quantitative estimate of drug-likeness (QED) is 0.275. The monoisotopic (exact) mass is 486 g/mol. The third-order valence-corrected chi connectivity index (χ3v) is 4.98. The van der Waals surface area contributed by atoms with E-state index in [2.05, 4.69) is 38.4 Å². The molecule has 3 aromatic rings. The summed E-state index contributed by atoms with van der Waals surface area (Å²) in [7, 11) is 3.19. The number of ether oxygens (including phenoxy) is 1. The molecule has 1 aromatic carbocycles. The van der Waals surface area contributed by atoms with Gasteiger partial charge in [0.2, 0.25) is 5.82 Å². The van der Waals surface area contributed by atoms with E-state index in [9.17, 15) is 13.2 Å². The zero-order valence-electron chi connectivity index (χ0n) is 20.4. The Labute approximate surface area is 202 Å². The Morgan fingerprint density at radius 3 is 2.54 bits per heavy atom. The minimum absolute atomic E-state index is 0.133. The number of aromatic nitrogens is 3. The van der Waals surface area contributed by atoms with E-state index in [0.717, 1.165) is 27.4 Å². The molecule has 0 aliphatic carbocycles. The molecule has 0 aliphatic heterocycles. The van der Waals surface area contributed by atoms with Gasteiger partial charge in [0.1, 0.15) is 12.4 Å². The summed E-state index contributed by atoms with van der Waals surface area (Å²) in [5.74, 6) is 0.244. The van der Waals surface area contributed by atoms with Gasteiger partial charge in [-0.1, -0.05) is 13.2 Å². The Morgan fingerprint density at radius 2 is 1.97 bits per heavy atom. The molecule has 186 valence electrons. The number of fused-ring (bicyclic) bond motifs is 1. The molecule has 0 spiro atoms. The Morgan fingerprint density at radius 1 is 1.26 bits per heavy atom. The summed E-state index contributed by atoms with van der Waals surface area (Å²) >= 11 is 0. The standard InChI is InChI=1S/C14H14F3N3O.C11H15N3/c1-4-18-8-20-12-6-5-10(9(2)21-3)7-11(12)19-13(20)14(15,16)17;1-8-11(6-5-7-13-8)9(2)14-10(3)12-4/h4-7H,2,8H2,1,3H3;5-7H,2H2,1,3-4H3,(H,12,14)/b18-4-;. The third-order valence-electron chi connectivity index (χ3n) is 4.98. The number of benzene rings is 1. The number of halogens is 3. The number of nitrogens with one attached hydrogen (secondary N) is 1. The number of imidazole rings is 1. The lowest BCUT2D eigenvalue weighted by molar-refractivity contribution is -0.146. The number of alkyl halides is 3. The molecule has 10 heteroatoms. The minimum Gasteiger partial charge on any atom is -0.497 e. The first-order chi connectivity index (χ1) is 16.5. The van der Waals surface area contributed by atoms with Crippen LogP contribution >= 0.6 is 0 Å². The van der Waals surface area contributed by atoms with Crippen LogP contribution in [-0.2, 0) is 17.6 Å². The molecule has 1 N–H and O–H groups in total. The van der Waals surface area contributed by atoms with Gasteiger partial charge in [-0.05, 0) is 57.3 Å². The van der Waals surface area contributed by atoms with Crippen molar-refractivity contribution >= 4 is 34.5 Å². The molecule has 0 amide bonds. The van der Waals surface area contributed by atoms with E-state index in [4.69, 9.17) is 4.74 Å². The fraction of sp³-hybridized carbons (Fsp3) is 0.280. The van der Waals surface area contributed by atoms with Crippen LogP contribution in [0.2, 0.25) is 0 Å². The zero-order valence-corrected chi connectivity index (χ0v) is 20.4. The second-order valence-corrected chi connectivity index (χ2v) is 7.32. The molecular weight excluding hydrogens is 457 g/mol. The molecule has 7 nitrogen and oxygen atoms in total. The highest BCUT2D eigenvalue weighted by Crippen LogP contribution is 2.32. The molecule has 0 radical (unpaired) electrons. The molecule has 0 atom stereocenters. The Kier molecular flexibility index (Phi) is 9.33. The molecule has 0 saturated heterocycles. The predicted molar refractivity (Wildman–Crippen MR) is 135 cm³/mol. The number of hydrogen-bond acceptors (Lipinski definition) is 5. The summed E-state index contributed by atoms with van der Waals surface area (Å²) in [6.45, 7) is 13.0. The average Bonchev–Trinajstić information content (AvgIpc) is 3.21. The summed E-state index contributed by atoms with van der Waals surface area (Å²) in [5, 5.41) is 3.10. The van der Waals surface area contributed by atoms with Crippen LogP contribution in [0.15, 0.2) is 59.7 Å². The molecule has 0 saturated carbocycles. The SMILES string of the molecule is C=C(NC(C)=NC)c1cccnc1C.C=C(OC)c1ccc2c(c1)nc(C(F)(F)F)n2C/N=C\C. The van der Waals surface area contributed by atoms with Crippen LogP contribution in [0.3, 0.4) is 0 Å². The fourth-order valence-electron chi connectivity index (χ4n) is 3.09. The molecule has 0 aliphatic rings. The van der Waals surface area contributed by atoms with Crippen LogP contribution in [-0.4, -0.2) is 40.7 Å². The molecular formula is C25H29F3N6O. The Hall–Kier alpha value is -3.95. The van der Waals surface area contributed by atoms with Crippen LogP contribution in [0.5, 0.6) is 0 Å². The number of nitrogens with zero attached hydrogens (tertiary/aromatic N) is 5. The third kappa shape index (κ3) is 7.02. The van der Waals surface area contributed by atoms with Crippen molar-refractivity contribution in [3.63, 3.8) is 0 Å². The van der Waals surface area contributed by atoms with Gasteiger partial charge in [-0.15, -0.1) is 0 Å². The number of pyridine rings is 1. The number of aliphatic imine (C=N–C) groups is 2. The van der Waals surface area contributed by atoms with Crippen LogP contribution in [0.4, 0.5) is 13.2 Å². The summed E-state index contributed by atoms with van der Waals surface area (Å²) in [5.41, 5.74) is 4.00. The summed E-state index contributed by atoms with van der Waals surface area (Å²) in [4.78, 5) is 15.8. The van der Waals surface area contributed by atoms with Crippen molar-refractivity contribution in [1.82, 2.24) is 19.9 Å². The average molecular weight is 487 g/mol. The topological polar surface area (TPSA) is 76.7 Å². The maximum atomic E-state index is 13.1. The van der Waals surface area contributed by atoms with Gasteiger partial charge >= 0.3 is 6.18 Å². The van der Waals surface area contributed by atoms with Crippen LogP contribution in [0.1, 0.15) is 36.5 Å². The highest BCUT2D eigenvalue weighted by Gasteiger charge is 2.37. The highest BCUT2D eigenvalue weighted by molar-refractivity contribution is 5.88. The Bertz CT molecular complexity index is 1260. The van der Waals surface area contributed by atoms with Crippen molar-refractivity contribution in [3.05, 3.63) is 72.3 Å². The van der Waals surface area contributed by atoms with Gasteiger partial charge in [-0.2, -0.15) is 13.2 Å². The first-order valence-electron chi connectivity index (χ1n) is 10.6. The molecule has 0 fully saturated rings. The fourth-order valence-corrected chi connectivity index (χ4v) is 3.09. The zero-order chi connectivity index (χ0) is 26.2. The van der Waals surface area contributed by atoms with Crippen molar-refractivity contribution in [3.8, 4) is 0 Å². The Balaban J connectivity index is 0.000000269. The molecule has 2 heterocycles. The summed E-state index contributed by atoms with van der Waals surface area (Å²) in [6.07, 6.45) is -1.32. The van der Waals surface area contributed by atoms with E-state index in [1.807, 2.05) is 26.0 Å². The molecule has 0 bridgehead atoms. The van der Waals surface area contributed by atoms with E-state index in [0.29, 0.717) is 16.8 Å². The second-order valence-electron chi connectivity index (χ2n) is 7.32. The van der Waals surface area contributed by atoms with Gasteiger partial charge in [-0.25, -0.2) is 4.98 Å². The smallest absolute Gasteiger partial charge is 0.449 e. The number of rotatable bonds is 6. The maximum absolute atomic E-state index is 13.1. The van der Waals surface area contributed by atoms with E-state index < -0.39 is 12.0 Å². The number of hydrogen-bond donors (Lipinski definition) is 1. The number of amidine groups is 1. The predicted octanol–water partition coefficient (Wildman–Crippen LogP) is 5.72. The van der Waals surface area contributed by atoms with E-state index in [1.165, 1.54) is 19.4 Å². The maximum Gasteiger partial charge on any atom is 0.449 e. The first-order valence-corrected chi connectivity index (χ1v) is 10.6. The normalized spacial score (nSPS) is 11.8. The molecule has 0 unspecified atom stereocenters. The van der Waals surface area contributed by atoms with Crippen LogP contribution < -0.4 is 5.32 Å². The summed E-state index contributed by atoms with van der Waals surface area (Å²) < 4.78 is 45.2. The van der Waals surface area contributed by atoms with Gasteiger partial charge in [-0.3, -0.25) is 15.0 Å². The van der Waals surface area contributed by atoms with Gasteiger partial charge in [0, 0.05) is 35.8 Å². The first kappa shape index (κ1) is 27.3. The number of aryl methyl sites for hydroxylation is 1. The highest BCUT2D eigenvalue weighted by atomic mass is 19.4. The lowest BCUT2D eigenvalue weighted by Gasteiger charge is -2.10. The van der Waals surface area contributed by atoms with Crippen molar-refractivity contribution in [2.24, 2.45) is 9.98 Å². The lowest BCUT2D eigenvalue weighted by Crippen LogP contribution is -2.18. The van der Waals surface area contributed by atoms with Crippen molar-refractivity contribution < 1.29 is 17.9 Å². The van der Waals surface area contributed by atoms with Crippen molar-refractivity contribution in [2.45, 2.75) is 33.6 Å². The van der Waals surface area contributed by atoms with Gasteiger partial charge in [0.15, 0.2) is 0 Å². The van der Waals surface area contributed by atoms with Gasteiger partial charge in [0.25, 0.3) is 0 Å². The molecule has 2 aromatic heterocycles. The molecule has 3 rings (SSSR count). The summed E-state index contributed by atoms with van der Waals surface area (Å²) in [6, 6.07) is 8.60. The van der Waals surface area contributed by atoms with Crippen molar-refractivity contribution in [2.75, 3.05) is 14.2 Å². The van der Waals surface area contributed by atoms with Crippen LogP contribution in [0.25, 0.3) is 22.5 Å². The van der Waals surface area contributed by atoms with E-state index in [1.54, 1.807) is 32.3 Å². The van der Waals surface area contributed by atoms with Gasteiger partial charge < -0.3 is 14.6 Å². The van der Waals surface area contributed by atoms with E-state index >= 15 is 0 Å². The lowest BCUT2D eigenvalue weighted by atomic mass is 10.1. The second kappa shape index (κ2) is 12.0. The van der Waals surface area contributed by atoms with Crippen molar-refractivity contribution in [1.29, 1.82) is 0 Å².